The van der Waals surface area contributed by atoms with Crippen LogP contribution in [0.4, 0.5) is 0 Å². The molecule has 11 rings (SSSR count). The standard InChI is InChI=1S/C57H37N3O/c1-5-15-38(16-6-1)40-27-31-44(32-28-40)55-58-56(45-33-29-41(30-34-45)39-17-7-2-8-18-39)60-57(59-55)47-24-13-23-46(37-47)50-36-35-48(42-19-9-3-10-20-42)52-51-26-14-25-49(53(51)61-54(50)52)43-21-11-4-12-22-43/h1-37H. The number of furan rings is 1. The Morgan fingerprint density at radius 1 is 0.246 bits per heavy atom. The summed E-state index contributed by atoms with van der Waals surface area (Å²) in [5.74, 6) is 1.81. The molecule has 0 bridgehead atoms. The highest BCUT2D eigenvalue weighted by Gasteiger charge is 2.21. The Kier molecular flexibility index (Phi) is 9.14. The van der Waals surface area contributed by atoms with Gasteiger partial charge in [-0.25, -0.2) is 15.0 Å². The molecule has 4 heteroatoms. The molecule has 286 valence electrons. The summed E-state index contributed by atoms with van der Waals surface area (Å²) in [6, 6.07) is 78.0. The van der Waals surface area contributed by atoms with Gasteiger partial charge in [0.25, 0.3) is 0 Å². The van der Waals surface area contributed by atoms with E-state index in [2.05, 4.69) is 206 Å². The van der Waals surface area contributed by atoms with Gasteiger partial charge >= 0.3 is 0 Å². The van der Waals surface area contributed by atoms with Crippen molar-refractivity contribution in [3.8, 4) is 89.8 Å². The van der Waals surface area contributed by atoms with Crippen LogP contribution in [0.15, 0.2) is 229 Å². The Morgan fingerprint density at radius 2 is 0.623 bits per heavy atom. The zero-order chi connectivity index (χ0) is 40.5. The van der Waals surface area contributed by atoms with Crippen LogP contribution in [-0.2, 0) is 0 Å². The van der Waals surface area contributed by atoms with Crippen LogP contribution in [0.25, 0.3) is 112 Å². The molecular weight excluding hydrogens is 743 g/mol. The summed E-state index contributed by atoms with van der Waals surface area (Å²) in [5, 5.41) is 2.17. The SMILES string of the molecule is c1ccc(-c2ccc(-c3nc(-c4ccc(-c5ccccc5)cc4)nc(-c4cccc(-c5ccc(-c6ccccc6)c6c5oc5c(-c7ccccc7)cccc56)c4)n3)cc2)cc1. The minimum Gasteiger partial charge on any atom is -0.455 e. The molecule has 0 fully saturated rings. The highest BCUT2D eigenvalue weighted by Crippen LogP contribution is 2.44. The molecule has 0 radical (unpaired) electrons. The summed E-state index contributed by atoms with van der Waals surface area (Å²) in [6.07, 6.45) is 0. The first-order chi connectivity index (χ1) is 30.2. The number of aromatic nitrogens is 3. The molecule has 0 aliphatic heterocycles. The van der Waals surface area contributed by atoms with Crippen molar-refractivity contribution in [1.29, 1.82) is 0 Å². The van der Waals surface area contributed by atoms with E-state index in [1.165, 1.54) is 0 Å². The first kappa shape index (κ1) is 35.9. The molecule has 2 heterocycles. The van der Waals surface area contributed by atoms with E-state index in [1.807, 2.05) is 18.2 Å². The minimum atomic E-state index is 0.592. The quantitative estimate of drug-likeness (QED) is 0.154. The van der Waals surface area contributed by atoms with Crippen molar-refractivity contribution >= 4 is 21.9 Å². The summed E-state index contributed by atoms with van der Waals surface area (Å²) < 4.78 is 7.03. The van der Waals surface area contributed by atoms with E-state index in [9.17, 15) is 0 Å². The van der Waals surface area contributed by atoms with E-state index in [0.29, 0.717) is 17.5 Å². The molecule has 0 aliphatic carbocycles. The zero-order valence-electron chi connectivity index (χ0n) is 33.1. The van der Waals surface area contributed by atoms with Gasteiger partial charge in [0.2, 0.25) is 0 Å². The Bertz CT molecular complexity index is 3210. The fourth-order valence-corrected chi connectivity index (χ4v) is 8.31. The fourth-order valence-electron chi connectivity index (χ4n) is 8.31. The van der Waals surface area contributed by atoms with Gasteiger partial charge in [0.05, 0.1) is 0 Å². The molecule has 61 heavy (non-hydrogen) atoms. The van der Waals surface area contributed by atoms with Gasteiger partial charge in [-0.3, -0.25) is 0 Å². The maximum Gasteiger partial charge on any atom is 0.164 e. The zero-order valence-corrected chi connectivity index (χ0v) is 33.1. The Labute approximate surface area is 354 Å². The Balaban J connectivity index is 1.06. The van der Waals surface area contributed by atoms with Gasteiger partial charge in [-0.1, -0.05) is 212 Å². The summed E-state index contributed by atoms with van der Waals surface area (Å²) in [7, 11) is 0. The molecule has 0 aliphatic rings. The molecule has 2 aromatic heterocycles. The van der Waals surface area contributed by atoms with E-state index in [1.54, 1.807) is 0 Å². The van der Waals surface area contributed by atoms with Gasteiger partial charge in [0.1, 0.15) is 11.2 Å². The minimum absolute atomic E-state index is 0.592. The van der Waals surface area contributed by atoms with Crippen LogP contribution in [-0.4, -0.2) is 15.0 Å². The summed E-state index contributed by atoms with van der Waals surface area (Å²) >= 11 is 0. The van der Waals surface area contributed by atoms with Crippen LogP contribution >= 0.6 is 0 Å². The second kappa shape index (κ2) is 15.5. The van der Waals surface area contributed by atoms with Crippen molar-refractivity contribution in [3.63, 3.8) is 0 Å². The number of fused-ring (bicyclic) bond motifs is 3. The van der Waals surface area contributed by atoms with Gasteiger partial charge in [-0.15, -0.1) is 0 Å². The van der Waals surface area contributed by atoms with E-state index >= 15 is 0 Å². The number of benzene rings is 9. The van der Waals surface area contributed by atoms with E-state index in [-0.39, 0.29) is 0 Å². The molecule has 0 unspecified atom stereocenters. The van der Waals surface area contributed by atoms with E-state index < -0.39 is 0 Å². The number of rotatable bonds is 8. The molecule has 4 nitrogen and oxygen atoms in total. The molecule has 0 N–H and O–H groups in total. The highest BCUT2D eigenvalue weighted by molar-refractivity contribution is 6.18. The highest BCUT2D eigenvalue weighted by atomic mass is 16.3. The van der Waals surface area contributed by atoms with Crippen LogP contribution in [0, 0.1) is 0 Å². The van der Waals surface area contributed by atoms with Gasteiger partial charge in [-0.2, -0.15) is 0 Å². The topological polar surface area (TPSA) is 51.8 Å². The van der Waals surface area contributed by atoms with Crippen molar-refractivity contribution in [3.05, 3.63) is 224 Å². The second-order valence-corrected chi connectivity index (χ2v) is 15.2. The van der Waals surface area contributed by atoms with E-state index in [4.69, 9.17) is 19.4 Å². The maximum atomic E-state index is 7.03. The van der Waals surface area contributed by atoms with Crippen LogP contribution in [0.3, 0.4) is 0 Å². The molecule has 0 saturated heterocycles. The predicted octanol–water partition coefficient (Wildman–Crippen LogP) is 15.1. The molecule has 11 aromatic rings. The first-order valence-corrected chi connectivity index (χ1v) is 20.5. The molecule has 0 spiro atoms. The third-order valence-electron chi connectivity index (χ3n) is 11.4. The number of para-hydroxylation sites is 1. The third kappa shape index (κ3) is 6.86. The van der Waals surface area contributed by atoms with Crippen molar-refractivity contribution in [2.75, 3.05) is 0 Å². The predicted molar refractivity (Wildman–Crippen MR) is 251 cm³/mol. The average molecular weight is 780 g/mol. The largest absolute Gasteiger partial charge is 0.455 e. The second-order valence-electron chi connectivity index (χ2n) is 15.2. The molecular formula is C57H37N3O. The monoisotopic (exact) mass is 779 g/mol. The van der Waals surface area contributed by atoms with Crippen molar-refractivity contribution in [1.82, 2.24) is 15.0 Å². The van der Waals surface area contributed by atoms with Gasteiger partial charge in [0.15, 0.2) is 17.5 Å². The van der Waals surface area contributed by atoms with Crippen molar-refractivity contribution in [2.24, 2.45) is 0 Å². The van der Waals surface area contributed by atoms with Crippen LogP contribution in [0.1, 0.15) is 0 Å². The normalized spacial score (nSPS) is 11.3. The molecule has 0 atom stereocenters. The molecule has 9 aromatic carbocycles. The number of hydrogen-bond acceptors (Lipinski definition) is 4. The molecule has 0 saturated carbocycles. The number of hydrogen-bond donors (Lipinski definition) is 0. The van der Waals surface area contributed by atoms with Gasteiger partial charge < -0.3 is 4.42 Å². The van der Waals surface area contributed by atoms with Gasteiger partial charge in [0, 0.05) is 38.6 Å². The Hall–Kier alpha value is -8.21. The maximum absolute atomic E-state index is 7.03. The summed E-state index contributed by atoms with van der Waals surface area (Å²) in [5.41, 5.74) is 15.4. The van der Waals surface area contributed by atoms with E-state index in [0.717, 1.165) is 94.3 Å². The third-order valence-corrected chi connectivity index (χ3v) is 11.4. The lowest BCUT2D eigenvalue weighted by molar-refractivity contribution is 0.671. The smallest absolute Gasteiger partial charge is 0.164 e. The summed E-state index contributed by atoms with van der Waals surface area (Å²) in [6.45, 7) is 0. The lowest BCUT2D eigenvalue weighted by Crippen LogP contribution is -2.00. The summed E-state index contributed by atoms with van der Waals surface area (Å²) in [4.78, 5) is 15.4. The van der Waals surface area contributed by atoms with Crippen molar-refractivity contribution < 1.29 is 4.42 Å². The van der Waals surface area contributed by atoms with Crippen LogP contribution in [0.2, 0.25) is 0 Å². The Morgan fingerprint density at radius 3 is 1.16 bits per heavy atom. The van der Waals surface area contributed by atoms with Gasteiger partial charge in [-0.05, 0) is 56.6 Å². The lowest BCUT2D eigenvalue weighted by atomic mass is 9.93. The molecule has 0 amide bonds. The average Bonchev–Trinajstić information content (AvgIpc) is 3.75. The van der Waals surface area contributed by atoms with Crippen LogP contribution < -0.4 is 0 Å². The number of nitrogens with zero attached hydrogens (tertiary/aromatic N) is 3. The van der Waals surface area contributed by atoms with Crippen molar-refractivity contribution in [2.45, 2.75) is 0 Å². The van der Waals surface area contributed by atoms with Crippen LogP contribution in [0.5, 0.6) is 0 Å². The fraction of sp³-hybridized carbons (Fsp3) is 0. The first-order valence-electron chi connectivity index (χ1n) is 20.5. The lowest BCUT2D eigenvalue weighted by Gasteiger charge is -2.11.